The van der Waals surface area contributed by atoms with Crippen molar-refractivity contribution in [1.29, 1.82) is 0 Å². The van der Waals surface area contributed by atoms with Crippen LogP contribution >= 0.6 is 22.9 Å². The van der Waals surface area contributed by atoms with E-state index in [2.05, 4.69) is 5.92 Å². The lowest BCUT2D eigenvalue weighted by atomic mass is 9.93. The number of methoxy groups -OCH3 is 1. The normalized spacial score (nSPS) is 14.9. The average molecular weight is 551 g/mol. The highest BCUT2D eigenvalue weighted by atomic mass is 35.5. The molecule has 0 bridgehead atoms. The highest BCUT2D eigenvalue weighted by Gasteiger charge is 2.36. The summed E-state index contributed by atoms with van der Waals surface area (Å²) in [6.45, 7) is 4.02. The summed E-state index contributed by atoms with van der Waals surface area (Å²) < 4.78 is 18.7. The number of esters is 1. The molecule has 9 heteroatoms. The van der Waals surface area contributed by atoms with Crippen LogP contribution in [0, 0.1) is 12.3 Å². The maximum absolute atomic E-state index is 14.0. The topological polar surface area (TPSA) is 79.1 Å². The Morgan fingerprint density at radius 2 is 2.03 bits per heavy atom. The molecular formula is C29H27ClN2O5S. The van der Waals surface area contributed by atoms with Gasteiger partial charge in [0.15, 0.2) is 4.80 Å². The number of terminal acetylenes is 1. The Bertz CT molecular complexity index is 1610. The standard InChI is InChI=1S/C29H27ClN2O5S/c1-5-10-21-25(28(34)36-7-3)26(20-17-19(30)13-14-23(20)35-4)32-27(33)24(38-29(32)31-21)16-18-11-8-9-12-22(18)37-15-6-2/h2,8-9,11-14,16-17,26H,5,7,10,15H2,1,3-4H3/b24-16+/t26-/m1/s1. The number of nitrogens with zero attached hydrogens (tertiary/aromatic N) is 2. The summed E-state index contributed by atoms with van der Waals surface area (Å²) in [4.78, 5) is 32.6. The zero-order chi connectivity index (χ0) is 27.2. The summed E-state index contributed by atoms with van der Waals surface area (Å²) in [6, 6.07) is 11.6. The van der Waals surface area contributed by atoms with Gasteiger partial charge in [0.2, 0.25) is 0 Å². The fraction of sp³-hybridized carbons (Fsp3) is 0.276. The molecule has 0 saturated carbocycles. The Balaban J connectivity index is 2.03. The van der Waals surface area contributed by atoms with Crippen molar-refractivity contribution in [2.24, 2.45) is 4.99 Å². The molecule has 0 fully saturated rings. The molecule has 1 aromatic heterocycles. The minimum absolute atomic E-state index is 0.101. The van der Waals surface area contributed by atoms with E-state index in [1.54, 1.807) is 37.3 Å². The number of benzene rings is 2. The Labute approximate surface area is 229 Å². The van der Waals surface area contributed by atoms with Crippen LogP contribution in [0.2, 0.25) is 5.02 Å². The molecule has 196 valence electrons. The minimum atomic E-state index is -0.837. The van der Waals surface area contributed by atoms with Crippen molar-refractivity contribution >= 4 is 35.0 Å². The van der Waals surface area contributed by atoms with Gasteiger partial charge in [0.1, 0.15) is 24.1 Å². The summed E-state index contributed by atoms with van der Waals surface area (Å²) in [7, 11) is 1.53. The summed E-state index contributed by atoms with van der Waals surface area (Å²) in [6.07, 6.45) is 8.38. The number of carbonyl (C=O) groups is 1. The summed E-state index contributed by atoms with van der Waals surface area (Å²) in [5.41, 5.74) is 1.82. The van der Waals surface area contributed by atoms with Gasteiger partial charge < -0.3 is 14.2 Å². The van der Waals surface area contributed by atoms with Gasteiger partial charge in [-0.1, -0.05) is 60.4 Å². The van der Waals surface area contributed by atoms with E-state index in [9.17, 15) is 9.59 Å². The molecule has 0 amide bonds. The molecule has 4 rings (SSSR count). The number of hydrogen-bond donors (Lipinski definition) is 0. The third-order valence-electron chi connectivity index (χ3n) is 5.90. The van der Waals surface area contributed by atoms with E-state index in [0.29, 0.717) is 54.7 Å². The number of aromatic nitrogens is 1. The summed E-state index contributed by atoms with van der Waals surface area (Å²) >= 11 is 7.62. The molecule has 2 aromatic carbocycles. The van der Waals surface area contributed by atoms with Crippen LogP contribution in [0.25, 0.3) is 6.08 Å². The Kier molecular flexibility index (Phi) is 8.72. The quantitative estimate of drug-likeness (QED) is 0.294. The minimum Gasteiger partial charge on any atom is -0.496 e. The number of halogens is 1. The molecule has 1 aliphatic rings. The van der Waals surface area contributed by atoms with Crippen LogP contribution in [0.4, 0.5) is 0 Å². The van der Waals surface area contributed by atoms with Gasteiger partial charge in [-0.25, -0.2) is 9.79 Å². The van der Waals surface area contributed by atoms with Crippen LogP contribution in [0.5, 0.6) is 11.5 Å². The average Bonchev–Trinajstić information content (AvgIpc) is 3.22. The second kappa shape index (κ2) is 12.2. The number of para-hydroxylation sites is 1. The van der Waals surface area contributed by atoms with Crippen LogP contribution < -0.4 is 24.4 Å². The van der Waals surface area contributed by atoms with Crippen LogP contribution in [0.3, 0.4) is 0 Å². The van der Waals surface area contributed by atoms with Crippen molar-refractivity contribution in [2.75, 3.05) is 20.3 Å². The first-order chi connectivity index (χ1) is 18.4. The Morgan fingerprint density at radius 1 is 1.24 bits per heavy atom. The number of hydrogen-bond acceptors (Lipinski definition) is 7. The van der Waals surface area contributed by atoms with Crippen molar-refractivity contribution < 1.29 is 19.0 Å². The first-order valence-corrected chi connectivity index (χ1v) is 13.3. The third-order valence-corrected chi connectivity index (χ3v) is 7.11. The molecule has 2 heterocycles. The fourth-order valence-electron chi connectivity index (χ4n) is 4.33. The Morgan fingerprint density at radius 3 is 2.74 bits per heavy atom. The van der Waals surface area contributed by atoms with Crippen LogP contribution in [0.15, 0.2) is 63.5 Å². The maximum Gasteiger partial charge on any atom is 0.338 e. The Hall–Kier alpha value is -3.80. The molecule has 0 radical (unpaired) electrons. The van der Waals surface area contributed by atoms with E-state index in [0.717, 1.165) is 6.42 Å². The molecule has 3 aromatic rings. The van der Waals surface area contributed by atoms with Gasteiger partial charge in [0, 0.05) is 16.1 Å². The zero-order valence-corrected chi connectivity index (χ0v) is 22.9. The maximum atomic E-state index is 14.0. The van der Waals surface area contributed by atoms with Gasteiger partial charge in [-0.15, -0.1) is 6.42 Å². The molecular weight excluding hydrogens is 524 g/mol. The van der Waals surface area contributed by atoms with E-state index in [1.807, 2.05) is 25.1 Å². The smallest absolute Gasteiger partial charge is 0.338 e. The van der Waals surface area contributed by atoms with Gasteiger partial charge in [0.25, 0.3) is 5.56 Å². The molecule has 0 aliphatic carbocycles. The van der Waals surface area contributed by atoms with Crippen molar-refractivity contribution in [3.05, 3.63) is 89.6 Å². The van der Waals surface area contributed by atoms with Gasteiger partial charge in [-0.05, 0) is 43.7 Å². The largest absolute Gasteiger partial charge is 0.496 e. The van der Waals surface area contributed by atoms with E-state index >= 15 is 0 Å². The molecule has 1 atom stereocenters. The van der Waals surface area contributed by atoms with Gasteiger partial charge in [-0.2, -0.15) is 0 Å². The predicted molar refractivity (Wildman–Crippen MR) is 148 cm³/mol. The number of allylic oxidation sites excluding steroid dienone is 1. The molecule has 1 aliphatic heterocycles. The van der Waals surface area contributed by atoms with Gasteiger partial charge in [-0.3, -0.25) is 9.36 Å². The van der Waals surface area contributed by atoms with Gasteiger partial charge in [0.05, 0.1) is 29.5 Å². The second-order valence-electron chi connectivity index (χ2n) is 8.33. The number of ether oxygens (including phenoxy) is 3. The van der Waals surface area contributed by atoms with Crippen molar-refractivity contribution in [3.63, 3.8) is 0 Å². The van der Waals surface area contributed by atoms with Crippen molar-refractivity contribution in [2.45, 2.75) is 32.7 Å². The fourth-order valence-corrected chi connectivity index (χ4v) is 5.52. The lowest BCUT2D eigenvalue weighted by molar-refractivity contribution is -0.139. The van der Waals surface area contributed by atoms with Crippen LogP contribution in [-0.4, -0.2) is 30.9 Å². The van der Waals surface area contributed by atoms with Crippen molar-refractivity contribution in [3.8, 4) is 23.8 Å². The lowest BCUT2D eigenvalue weighted by Gasteiger charge is -2.27. The first kappa shape index (κ1) is 27.2. The van der Waals surface area contributed by atoms with Gasteiger partial charge >= 0.3 is 5.97 Å². The molecule has 0 saturated heterocycles. The second-order valence-corrected chi connectivity index (χ2v) is 9.78. The monoisotopic (exact) mass is 550 g/mol. The lowest BCUT2D eigenvalue weighted by Crippen LogP contribution is -2.40. The van der Waals surface area contributed by atoms with Crippen molar-refractivity contribution in [1.82, 2.24) is 4.57 Å². The summed E-state index contributed by atoms with van der Waals surface area (Å²) in [5, 5.41) is 0.444. The molecule has 7 nitrogen and oxygen atoms in total. The van der Waals surface area contributed by atoms with E-state index < -0.39 is 12.0 Å². The molecule has 0 spiro atoms. The zero-order valence-electron chi connectivity index (χ0n) is 21.3. The number of fused-ring (bicyclic) bond motifs is 1. The van der Waals surface area contributed by atoms with E-state index in [4.69, 9.17) is 37.2 Å². The predicted octanol–water partition coefficient (Wildman–Crippen LogP) is 4.25. The summed E-state index contributed by atoms with van der Waals surface area (Å²) in [5.74, 6) is 2.97. The number of thiazole rings is 1. The highest BCUT2D eigenvalue weighted by Crippen LogP contribution is 2.38. The SMILES string of the molecule is C#CCOc1ccccc1/C=c1/sc2n(c1=O)[C@H](c1cc(Cl)ccc1OC)C(C(=O)OCC)=C(CCC)N=2. The van der Waals surface area contributed by atoms with E-state index in [1.165, 1.54) is 23.0 Å². The van der Waals surface area contributed by atoms with Crippen LogP contribution in [0.1, 0.15) is 43.9 Å². The number of carbonyl (C=O) groups excluding carboxylic acids is 1. The van der Waals surface area contributed by atoms with Crippen LogP contribution in [-0.2, 0) is 9.53 Å². The molecule has 0 unspecified atom stereocenters. The molecule has 0 N–H and O–H groups in total. The highest BCUT2D eigenvalue weighted by molar-refractivity contribution is 7.07. The first-order valence-electron chi connectivity index (χ1n) is 12.1. The third kappa shape index (κ3) is 5.40. The number of rotatable bonds is 9. The molecule has 38 heavy (non-hydrogen) atoms. The van der Waals surface area contributed by atoms with E-state index in [-0.39, 0.29) is 18.8 Å².